The average molecular weight is 235 g/mol. The standard InChI is InChI=1S/C11H17N5O/c1-7-5-8(7)6-16(2)11-13-4-3-9(14-11)10(12)15-17/h3-4,7-8,17H,5-6H2,1-2H3,(H2,12,15). The minimum absolute atomic E-state index is 0.00170. The van der Waals surface area contributed by atoms with Crippen molar-refractivity contribution in [3.63, 3.8) is 0 Å². The molecule has 1 aromatic heterocycles. The lowest BCUT2D eigenvalue weighted by atomic mass is 10.3. The molecule has 0 aromatic carbocycles. The molecular formula is C11H17N5O. The summed E-state index contributed by atoms with van der Waals surface area (Å²) in [7, 11) is 1.95. The number of oxime groups is 1. The highest BCUT2D eigenvalue weighted by molar-refractivity contribution is 5.95. The van der Waals surface area contributed by atoms with Gasteiger partial charge in [-0.05, 0) is 24.3 Å². The average Bonchev–Trinajstić information content (AvgIpc) is 3.04. The lowest BCUT2D eigenvalue weighted by Gasteiger charge is -2.16. The second kappa shape index (κ2) is 4.57. The van der Waals surface area contributed by atoms with Crippen LogP contribution in [0.15, 0.2) is 17.4 Å². The predicted molar refractivity (Wildman–Crippen MR) is 65.1 cm³/mol. The summed E-state index contributed by atoms with van der Waals surface area (Å²) in [4.78, 5) is 10.4. The van der Waals surface area contributed by atoms with Gasteiger partial charge in [0.1, 0.15) is 5.69 Å². The van der Waals surface area contributed by atoms with Gasteiger partial charge < -0.3 is 15.8 Å². The molecule has 1 heterocycles. The fourth-order valence-corrected chi connectivity index (χ4v) is 1.81. The molecule has 0 radical (unpaired) electrons. The molecule has 1 aliphatic rings. The van der Waals surface area contributed by atoms with Crippen LogP contribution in [0, 0.1) is 11.8 Å². The number of aromatic nitrogens is 2. The summed E-state index contributed by atoms with van der Waals surface area (Å²) in [6.07, 6.45) is 2.88. The van der Waals surface area contributed by atoms with Crippen molar-refractivity contribution in [3.05, 3.63) is 18.0 Å². The fraction of sp³-hybridized carbons (Fsp3) is 0.545. The highest BCUT2D eigenvalue weighted by Gasteiger charge is 2.33. The molecular weight excluding hydrogens is 218 g/mol. The number of amidine groups is 1. The van der Waals surface area contributed by atoms with E-state index in [-0.39, 0.29) is 5.84 Å². The van der Waals surface area contributed by atoms with Gasteiger partial charge >= 0.3 is 0 Å². The Labute approximate surface area is 100 Å². The van der Waals surface area contributed by atoms with E-state index in [0.29, 0.717) is 11.6 Å². The van der Waals surface area contributed by atoms with Crippen LogP contribution in [0.4, 0.5) is 5.95 Å². The maximum atomic E-state index is 8.60. The van der Waals surface area contributed by atoms with Gasteiger partial charge in [0.05, 0.1) is 0 Å². The summed E-state index contributed by atoms with van der Waals surface area (Å²) in [5.41, 5.74) is 5.93. The number of anilines is 1. The third-order valence-corrected chi connectivity index (χ3v) is 3.14. The predicted octanol–water partition coefficient (Wildman–Crippen LogP) is 0.663. The van der Waals surface area contributed by atoms with Crippen LogP contribution in [0.25, 0.3) is 0 Å². The van der Waals surface area contributed by atoms with E-state index in [4.69, 9.17) is 10.9 Å². The van der Waals surface area contributed by atoms with Crippen LogP contribution in [-0.4, -0.2) is 34.6 Å². The normalized spacial score (nSPS) is 23.5. The van der Waals surface area contributed by atoms with Crippen LogP contribution in [-0.2, 0) is 0 Å². The summed E-state index contributed by atoms with van der Waals surface area (Å²) >= 11 is 0. The minimum atomic E-state index is 0.00170. The van der Waals surface area contributed by atoms with Crippen molar-refractivity contribution in [1.82, 2.24) is 9.97 Å². The first-order valence-corrected chi connectivity index (χ1v) is 5.64. The molecule has 17 heavy (non-hydrogen) atoms. The Balaban J connectivity index is 2.09. The Morgan fingerprint density at radius 2 is 2.41 bits per heavy atom. The van der Waals surface area contributed by atoms with Crippen molar-refractivity contribution in [2.45, 2.75) is 13.3 Å². The third kappa shape index (κ3) is 2.64. The number of rotatable bonds is 4. The zero-order valence-electron chi connectivity index (χ0n) is 10.0. The molecule has 2 rings (SSSR count). The number of nitrogens with zero attached hydrogens (tertiary/aromatic N) is 4. The van der Waals surface area contributed by atoms with E-state index in [2.05, 4.69) is 22.0 Å². The minimum Gasteiger partial charge on any atom is -0.409 e. The molecule has 1 fully saturated rings. The molecule has 6 nitrogen and oxygen atoms in total. The second-order valence-electron chi connectivity index (χ2n) is 4.58. The lowest BCUT2D eigenvalue weighted by molar-refractivity contribution is 0.318. The highest BCUT2D eigenvalue weighted by atomic mass is 16.4. The third-order valence-electron chi connectivity index (χ3n) is 3.14. The zero-order chi connectivity index (χ0) is 12.4. The molecule has 0 saturated heterocycles. The van der Waals surface area contributed by atoms with Gasteiger partial charge in [0, 0.05) is 19.8 Å². The first-order valence-electron chi connectivity index (χ1n) is 5.64. The van der Waals surface area contributed by atoms with Crippen molar-refractivity contribution >= 4 is 11.8 Å². The fourth-order valence-electron chi connectivity index (χ4n) is 1.81. The maximum absolute atomic E-state index is 8.60. The van der Waals surface area contributed by atoms with E-state index >= 15 is 0 Å². The van der Waals surface area contributed by atoms with Gasteiger partial charge in [0.2, 0.25) is 5.95 Å². The summed E-state index contributed by atoms with van der Waals surface area (Å²) in [6, 6.07) is 1.62. The van der Waals surface area contributed by atoms with Crippen molar-refractivity contribution < 1.29 is 5.21 Å². The molecule has 0 bridgehead atoms. The Bertz CT molecular complexity index is 434. The van der Waals surface area contributed by atoms with Gasteiger partial charge in [-0.1, -0.05) is 12.1 Å². The largest absolute Gasteiger partial charge is 0.409 e. The van der Waals surface area contributed by atoms with Crippen molar-refractivity contribution in [1.29, 1.82) is 0 Å². The van der Waals surface area contributed by atoms with Crippen LogP contribution >= 0.6 is 0 Å². The Morgan fingerprint density at radius 3 is 3.00 bits per heavy atom. The molecule has 1 aromatic rings. The maximum Gasteiger partial charge on any atom is 0.225 e. The van der Waals surface area contributed by atoms with Crippen molar-refractivity contribution in [2.24, 2.45) is 22.7 Å². The Hall–Kier alpha value is -1.85. The van der Waals surface area contributed by atoms with Gasteiger partial charge in [0.25, 0.3) is 0 Å². The van der Waals surface area contributed by atoms with Gasteiger partial charge in [-0.2, -0.15) is 0 Å². The number of hydrogen-bond acceptors (Lipinski definition) is 5. The SMILES string of the molecule is CC1CC1CN(C)c1nccc(/C(N)=N/O)n1. The monoisotopic (exact) mass is 235 g/mol. The smallest absolute Gasteiger partial charge is 0.225 e. The highest BCUT2D eigenvalue weighted by Crippen LogP contribution is 2.38. The first-order chi connectivity index (χ1) is 8.11. The molecule has 1 aliphatic carbocycles. The molecule has 0 spiro atoms. The van der Waals surface area contributed by atoms with E-state index in [0.717, 1.165) is 18.4 Å². The van der Waals surface area contributed by atoms with Gasteiger partial charge in [0.15, 0.2) is 5.84 Å². The molecule has 92 valence electrons. The Kier molecular flexibility index (Phi) is 3.12. The van der Waals surface area contributed by atoms with E-state index in [1.165, 1.54) is 6.42 Å². The van der Waals surface area contributed by atoms with Gasteiger partial charge in [-0.3, -0.25) is 0 Å². The zero-order valence-corrected chi connectivity index (χ0v) is 10.0. The van der Waals surface area contributed by atoms with Crippen LogP contribution in [0.5, 0.6) is 0 Å². The van der Waals surface area contributed by atoms with Crippen molar-refractivity contribution in [3.8, 4) is 0 Å². The van der Waals surface area contributed by atoms with E-state index in [1.807, 2.05) is 11.9 Å². The lowest BCUT2D eigenvalue weighted by Crippen LogP contribution is -2.24. The van der Waals surface area contributed by atoms with E-state index in [1.54, 1.807) is 12.3 Å². The van der Waals surface area contributed by atoms with Crippen LogP contribution in [0.3, 0.4) is 0 Å². The Morgan fingerprint density at radius 1 is 1.71 bits per heavy atom. The van der Waals surface area contributed by atoms with Gasteiger partial charge in [-0.25, -0.2) is 9.97 Å². The molecule has 3 N–H and O–H groups in total. The van der Waals surface area contributed by atoms with Crippen molar-refractivity contribution in [2.75, 3.05) is 18.5 Å². The molecule has 2 atom stereocenters. The summed E-state index contributed by atoms with van der Waals surface area (Å²) in [5, 5.41) is 11.5. The van der Waals surface area contributed by atoms with E-state index < -0.39 is 0 Å². The van der Waals surface area contributed by atoms with Crippen LogP contribution < -0.4 is 10.6 Å². The molecule has 6 heteroatoms. The molecule has 0 amide bonds. The first kappa shape index (κ1) is 11.6. The summed E-state index contributed by atoms with van der Waals surface area (Å²) in [6.45, 7) is 3.19. The number of hydrogen-bond donors (Lipinski definition) is 2. The van der Waals surface area contributed by atoms with Crippen LogP contribution in [0.1, 0.15) is 19.0 Å². The number of nitrogens with two attached hydrogens (primary N) is 1. The molecule has 2 unspecified atom stereocenters. The summed E-state index contributed by atoms with van der Waals surface area (Å²) < 4.78 is 0. The van der Waals surface area contributed by atoms with Crippen LogP contribution in [0.2, 0.25) is 0 Å². The molecule has 0 aliphatic heterocycles. The van der Waals surface area contributed by atoms with Gasteiger partial charge in [-0.15, -0.1) is 0 Å². The summed E-state index contributed by atoms with van der Waals surface area (Å²) in [5.74, 6) is 2.14. The quantitative estimate of drug-likeness (QED) is 0.346. The molecule has 1 saturated carbocycles. The second-order valence-corrected chi connectivity index (χ2v) is 4.58. The topological polar surface area (TPSA) is 87.6 Å². The van der Waals surface area contributed by atoms with E-state index in [9.17, 15) is 0 Å².